The maximum absolute atomic E-state index is 12.1. The fourth-order valence-electron chi connectivity index (χ4n) is 2.24. The molecule has 1 N–H and O–H groups in total. The number of carbonyl (C=O) groups is 1. The topological polar surface area (TPSA) is 81.7 Å². The third-order valence-corrected chi connectivity index (χ3v) is 5.02. The predicted octanol–water partition coefficient (Wildman–Crippen LogP) is 2.86. The summed E-state index contributed by atoms with van der Waals surface area (Å²) >= 11 is 0. The third-order valence-electron chi connectivity index (χ3n) is 3.72. The Morgan fingerprint density at radius 2 is 1.83 bits per heavy atom. The largest absolute Gasteiger partial charge is 0.444 e. The lowest BCUT2D eigenvalue weighted by Crippen LogP contribution is -2.33. The molecule has 1 aromatic rings. The maximum Gasteiger partial charge on any atom is 0.407 e. The summed E-state index contributed by atoms with van der Waals surface area (Å²) in [5, 5.41) is 2.70. The molecule has 0 saturated heterocycles. The van der Waals surface area contributed by atoms with Crippen LogP contribution in [0.5, 0.6) is 0 Å². The summed E-state index contributed by atoms with van der Waals surface area (Å²) in [6.45, 7) is 7.90. The number of hydrogen-bond acceptors (Lipinski definition) is 5. The van der Waals surface area contributed by atoms with Gasteiger partial charge in [-0.2, -0.15) is 8.42 Å². The van der Waals surface area contributed by atoms with Crippen LogP contribution >= 0.6 is 0 Å². The summed E-state index contributed by atoms with van der Waals surface area (Å²) in [6.07, 6.45) is 0.375. The Balaban J connectivity index is 1.73. The number of ether oxygens (including phenoxy) is 1. The molecule has 7 heteroatoms. The van der Waals surface area contributed by atoms with Gasteiger partial charge in [-0.05, 0) is 58.1 Å². The van der Waals surface area contributed by atoms with E-state index in [1.54, 1.807) is 45.0 Å². The van der Waals surface area contributed by atoms with E-state index in [2.05, 4.69) is 5.32 Å². The Morgan fingerprint density at radius 3 is 2.42 bits per heavy atom. The molecule has 0 spiro atoms. The molecule has 6 nitrogen and oxygen atoms in total. The van der Waals surface area contributed by atoms with Gasteiger partial charge in [0.05, 0.1) is 11.5 Å². The first kappa shape index (κ1) is 18.7. The molecule has 1 aliphatic carbocycles. The molecule has 24 heavy (non-hydrogen) atoms. The van der Waals surface area contributed by atoms with E-state index in [-0.39, 0.29) is 23.3 Å². The zero-order valence-corrected chi connectivity index (χ0v) is 15.4. The molecule has 1 aromatic carbocycles. The first-order valence-corrected chi connectivity index (χ1v) is 9.40. The fourth-order valence-corrected chi connectivity index (χ4v) is 3.20. The summed E-state index contributed by atoms with van der Waals surface area (Å²) in [5.74, 6) is 0.367. The quantitative estimate of drug-likeness (QED) is 0.794. The normalized spacial score (nSPS) is 20.5. The second-order valence-electron chi connectivity index (χ2n) is 7.19. The Morgan fingerprint density at radius 1 is 1.21 bits per heavy atom. The maximum atomic E-state index is 12.1. The lowest BCUT2D eigenvalue weighted by Gasteiger charge is -2.19. The van der Waals surface area contributed by atoms with Crippen molar-refractivity contribution in [1.29, 1.82) is 0 Å². The minimum absolute atomic E-state index is 0.136. The van der Waals surface area contributed by atoms with Crippen molar-refractivity contribution < 1.29 is 22.1 Å². The van der Waals surface area contributed by atoms with Crippen LogP contribution < -0.4 is 5.32 Å². The smallest absolute Gasteiger partial charge is 0.407 e. The van der Waals surface area contributed by atoms with Gasteiger partial charge in [0.15, 0.2) is 0 Å². The minimum atomic E-state index is -3.72. The highest BCUT2D eigenvalue weighted by Crippen LogP contribution is 2.38. The van der Waals surface area contributed by atoms with Gasteiger partial charge in [-0.1, -0.05) is 17.7 Å². The van der Waals surface area contributed by atoms with Gasteiger partial charge in [0, 0.05) is 6.54 Å². The minimum Gasteiger partial charge on any atom is -0.444 e. The van der Waals surface area contributed by atoms with Crippen molar-refractivity contribution in [2.75, 3.05) is 13.2 Å². The van der Waals surface area contributed by atoms with Gasteiger partial charge in [0.25, 0.3) is 10.1 Å². The van der Waals surface area contributed by atoms with E-state index in [0.29, 0.717) is 6.54 Å². The molecule has 134 valence electrons. The van der Waals surface area contributed by atoms with Crippen LogP contribution in [0.4, 0.5) is 4.79 Å². The van der Waals surface area contributed by atoms with E-state index in [1.165, 1.54) is 0 Å². The van der Waals surface area contributed by atoms with Crippen molar-refractivity contribution in [3.05, 3.63) is 29.8 Å². The summed E-state index contributed by atoms with van der Waals surface area (Å²) in [6, 6.07) is 6.56. The van der Waals surface area contributed by atoms with E-state index in [1.807, 2.05) is 6.92 Å². The molecular formula is C17H25NO5S. The summed E-state index contributed by atoms with van der Waals surface area (Å²) in [5.41, 5.74) is 0.461. The average Bonchev–Trinajstić information content (AvgIpc) is 3.20. The molecule has 0 heterocycles. The van der Waals surface area contributed by atoms with Crippen LogP contribution in [-0.2, 0) is 19.0 Å². The van der Waals surface area contributed by atoms with Gasteiger partial charge in [-0.15, -0.1) is 0 Å². The molecule has 2 atom stereocenters. The van der Waals surface area contributed by atoms with E-state index in [9.17, 15) is 13.2 Å². The van der Waals surface area contributed by atoms with Crippen molar-refractivity contribution in [2.45, 2.75) is 44.6 Å². The molecule has 1 amide bonds. The molecule has 2 unspecified atom stereocenters. The van der Waals surface area contributed by atoms with Gasteiger partial charge in [0.2, 0.25) is 0 Å². The first-order valence-electron chi connectivity index (χ1n) is 8.00. The van der Waals surface area contributed by atoms with Gasteiger partial charge >= 0.3 is 6.09 Å². The van der Waals surface area contributed by atoms with Crippen LogP contribution in [0.2, 0.25) is 0 Å². The molecule has 2 rings (SSSR count). The molecule has 0 bridgehead atoms. The van der Waals surface area contributed by atoms with Gasteiger partial charge in [-0.3, -0.25) is 4.18 Å². The van der Waals surface area contributed by atoms with Crippen LogP contribution in [0.15, 0.2) is 29.2 Å². The Labute approximate surface area is 143 Å². The second kappa shape index (κ2) is 7.11. The van der Waals surface area contributed by atoms with Gasteiger partial charge in [0.1, 0.15) is 5.60 Å². The number of amides is 1. The van der Waals surface area contributed by atoms with Crippen LogP contribution in [0.3, 0.4) is 0 Å². The zero-order valence-electron chi connectivity index (χ0n) is 14.5. The number of aryl methyl sites for hydroxylation is 1. The van der Waals surface area contributed by atoms with Crippen molar-refractivity contribution in [3.8, 4) is 0 Å². The molecule has 0 radical (unpaired) electrons. The van der Waals surface area contributed by atoms with E-state index >= 15 is 0 Å². The second-order valence-corrected chi connectivity index (χ2v) is 8.81. The van der Waals surface area contributed by atoms with Gasteiger partial charge in [-0.25, -0.2) is 4.79 Å². The van der Waals surface area contributed by atoms with Gasteiger partial charge < -0.3 is 10.1 Å². The van der Waals surface area contributed by atoms with E-state index in [0.717, 1.165) is 12.0 Å². The molecule has 0 aliphatic heterocycles. The Bertz CT molecular complexity index is 676. The van der Waals surface area contributed by atoms with Crippen LogP contribution in [0, 0.1) is 18.8 Å². The fraction of sp³-hybridized carbons (Fsp3) is 0.588. The number of hydrogen-bond donors (Lipinski definition) is 1. The number of alkyl carbamates (subject to hydrolysis) is 1. The average molecular weight is 355 g/mol. The highest BCUT2D eigenvalue weighted by Gasteiger charge is 2.38. The Hall–Kier alpha value is -1.60. The highest BCUT2D eigenvalue weighted by molar-refractivity contribution is 7.86. The molecular weight excluding hydrogens is 330 g/mol. The SMILES string of the molecule is Cc1ccc(S(=O)(=O)OCC2CC2CNC(=O)OC(C)(C)C)cc1. The summed E-state index contributed by atoms with van der Waals surface area (Å²) < 4.78 is 34.5. The third kappa shape index (κ3) is 5.79. The van der Waals surface area contributed by atoms with E-state index in [4.69, 9.17) is 8.92 Å². The Kier molecular flexibility index (Phi) is 5.55. The monoisotopic (exact) mass is 355 g/mol. The highest BCUT2D eigenvalue weighted by atomic mass is 32.2. The molecule has 1 fully saturated rings. The standard InChI is InChI=1S/C17H25NO5S/c1-12-5-7-15(8-6-12)24(20,21)22-11-14-9-13(14)10-18-16(19)23-17(2,3)4/h5-8,13-14H,9-11H2,1-4H3,(H,18,19). The number of nitrogens with one attached hydrogen (secondary N) is 1. The molecule has 1 aliphatic rings. The van der Waals surface area contributed by atoms with Crippen molar-refractivity contribution in [2.24, 2.45) is 11.8 Å². The first-order chi connectivity index (χ1) is 11.1. The lowest BCUT2D eigenvalue weighted by atomic mass is 10.2. The van der Waals surface area contributed by atoms with Crippen molar-refractivity contribution >= 4 is 16.2 Å². The van der Waals surface area contributed by atoms with Crippen LogP contribution in [0.1, 0.15) is 32.8 Å². The van der Waals surface area contributed by atoms with Crippen LogP contribution in [-0.4, -0.2) is 33.3 Å². The summed E-state index contributed by atoms with van der Waals surface area (Å²) in [4.78, 5) is 11.7. The lowest BCUT2D eigenvalue weighted by molar-refractivity contribution is 0.0524. The zero-order chi connectivity index (χ0) is 18.0. The predicted molar refractivity (Wildman–Crippen MR) is 90.2 cm³/mol. The van der Waals surface area contributed by atoms with E-state index < -0.39 is 21.8 Å². The molecule has 1 saturated carbocycles. The number of rotatable bonds is 6. The number of benzene rings is 1. The van der Waals surface area contributed by atoms with Crippen LogP contribution in [0.25, 0.3) is 0 Å². The van der Waals surface area contributed by atoms with Crippen molar-refractivity contribution in [3.63, 3.8) is 0 Å². The summed E-state index contributed by atoms with van der Waals surface area (Å²) in [7, 11) is -3.72. The number of carbonyl (C=O) groups excluding carboxylic acids is 1. The molecule has 0 aromatic heterocycles. The van der Waals surface area contributed by atoms with Crippen molar-refractivity contribution in [1.82, 2.24) is 5.32 Å².